The third-order valence-corrected chi connectivity index (χ3v) is 5.31. The molecule has 0 spiro atoms. The molecule has 1 heterocycles. The lowest BCUT2D eigenvalue weighted by molar-refractivity contribution is -0.120. The number of ether oxygens (including phenoxy) is 1. The molecule has 4 nitrogen and oxygen atoms in total. The zero-order valence-corrected chi connectivity index (χ0v) is 14.2. The average Bonchev–Trinajstić information content (AvgIpc) is 3.24. The Labute approximate surface area is 142 Å². The van der Waals surface area contributed by atoms with E-state index < -0.39 is 0 Å². The molecule has 0 bridgehead atoms. The van der Waals surface area contributed by atoms with Crippen LogP contribution in [0.4, 0.5) is 0 Å². The number of halogens is 1. The van der Waals surface area contributed by atoms with Crippen molar-refractivity contribution in [3.8, 4) is 0 Å². The number of amides is 1. The fraction of sp³-hybridized carbons (Fsp3) is 0.611. The number of hydrogen-bond donors (Lipinski definition) is 2. The van der Waals surface area contributed by atoms with Crippen LogP contribution >= 0.6 is 11.6 Å². The number of carbonyl (C=O) groups is 1. The standard InChI is InChI=1S/C18H25ClN2O2/c19-16-5-3-15(4-6-16)18(8-1-2-9-18)21-12-17(22)20-11-14-7-10-23-13-14/h3-6,14,21H,1-2,7-13H2,(H,20,22)/t14-/m0/s1. The molecule has 1 amide bonds. The van der Waals surface area contributed by atoms with E-state index in [0.29, 0.717) is 19.0 Å². The van der Waals surface area contributed by atoms with E-state index in [9.17, 15) is 4.79 Å². The molecule has 0 radical (unpaired) electrons. The van der Waals surface area contributed by atoms with Crippen LogP contribution in [0.1, 0.15) is 37.7 Å². The molecule has 23 heavy (non-hydrogen) atoms. The maximum Gasteiger partial charge on any atom is 0.233 e. The van der Waals surface area contributed by atoms with Gasteiger partial charge in [0, 0.05) is 29.6 Å². The van der Waals surface area contributed by atoms with Crippen LogP contribution in [0.2, 0.25) is 5.02 Å². The fourth-order valence-electron chi connectivity index (χ4n) is 3.63. The smallest absolute Gasteiger partial charge is 0.233 e. The predicted octanol–water partition coefficient (Wildman–Crippen LogP) is 2.85. The van der Waals surface area contributed by atoms with E-state index in [2.05, 4.69) is 22.8 Å². The zero-order chi connectivity index (χ0) is 16.1. The molecule has 126 valence electrons. The molecule has 2 aliphatic rings. The third-order valence-electron chi connectivity index (χ3n) is 5.05. The summed E-state index contributed by atoms with van der Waals surface area (Å²) in [5, 5.41) is 7.29. The van der Waals surface area contributed by atoms with Gasteiger partial charge in [0.2, 0.25) is 5.91 Å². The summed E-state index contributed by atoms with van der Waals surface area (Å²) in [5.41, 5.74) is 1.15. The number of benzene rings is 1. The van der Waals surface area contributed by atoms with Crippen molar-refractivity contribution in [2.45, 2.75) is 37.6 Å². The van der Waals surface area contributed by atoms with Gasteiger partial charge in [0.25, 0.3) is 0 Å². The molecule has 0 unspecified atom stereocenters. The molecule has 1 saturated heterocycles. The molecule has 1 aliphatic carbocycles. The Bertz CT molecular complexity index is 520. The highest BCUT2D eigenvalue weighted by atomic mass is 35.5. The highest BCUT2D eigenvalue weighted by Crippen LogP contribution is 2.38. The molecule has 1 aliphatic heterocycles. The van der Waals surface area contributed by atoms with E-state index in [-0.39, 0.29) is 11.4 Å². The summed E-state index contributed by atoms with van der Waals surface area (Å²) < 4.78 is 5.34. The molecule has 1 aromatic rings. The normalized spacial score (nSPS) is 23.1. The van der Waals surface area contributed by atoms with Gasteiger partial charge in [-0.05, 0) is 37.0 Å². The van der Waals surface area contributed by atoms with Crippen LogP contribution in [-0.2, 0) is 15.1 Å². The van der Waals surface area contributed by atoms with Crippen LogP contribution in [0.3, 0.4) is 0 Å². The van der Waals surface area contributed by atoms with Gasteiger partial charge in [0.1, 0.15) is 0 Å². The molecule has 0 aromatic heterocycles. The lowest BCUT2D eigenvalue weighted by Gasteiger charge is -2.31. The van der Waals surface area contributed by atoms with Crippen molar-refractivity contribution in [3.63, 3.8) is 0 Å². The molecule has 1 atom stereocenters. The van der Waals surface area contributed by atoms with Crippen molar-refractivity contribution >= 4 is 17.5 Å². The zero-order valence-electron chi connectivity index (χ0n) is 13.4. The van der Waals surface area contributed by atoms with Crippen molar-refractivity contribution < 1.29 is 9.53 Å². The highest BCUT2D eigenvalue weighted by molar-refractivity contribution is 6.30. The summed E-state index contributed by atoms with van der Waals surface area (Å²) in [4.78, 5) is 12.1. The van der Waals surface area contributed by atoms with Crippen LogP contribution in [0.5, 0.6) is 0 Å². The first-order valence-electron chi connectivity index (χ1n) is 8.53. The first-order valence-corrected chi connectivity index (χ1v) is 8.91. The van der Waals surface area contributed by atoms with Crippen molar-refractivity contribution in [2.75, 3.05) is 26.3 Å². The van der Waals surface area contributed by atoms with Gasteiger partial charge in [-0.3, -0.25) is 10.1 Å². The number of rotatable bonds is 6. The van der Waals surface area contributed by atoms with Gasteiger partial charge < -0.3 is 10.1 Å². The minimum Gasteiger partial charge on any atom is -0.381 e. The minimum absolute atomic E-state index is 0.0668. The molecule has 2 N–H and O–H groups in total. The quantitative estimate of drug-likeness (QED) is 0.840. The highest BCUT2D eigenvalue weighted by Gasteiger charge is 2.35. The Morgan fingerprint density at radius 2 is 2.00 bits per heavy atom. The Morgan fingerprint density at radius 3 is 2.65 bits per heavy atom. The topological polar surface area (TPSA) is 50.4 Å². The van der Waals surface area contributed by atoms with Gasteiger partial charge in [-0.1, -0.05) is 36.6 Å². The second-order valence-electron chi connectivity index (χ2n) is 6.68. The first kappa shape index (κ1) is 16.7. The number of carbonyl (C=O) groups excluding carboxylic acids is 1. The molecule has 2 fully saturated rings. The van der Waals surface area contributed by atoms with Crippen LogP contribution < -0.4 is 10.6 Å². The van der Waals surface area contributed by atoms with Gasteiger partial charge in [-0.2, -0.15) is 0 Å². The van der Waals surface area contributed by atoms with Gasteiger partial charge >= 0.3 is 0 Å². The molecule has 3 rings (SSSR count). The Hall–Kier alpha value is -1.10. The predicted molar refractivity (Wildman–Crippen MR) is 91.5 cm³/mol. The lowest BCUT2D eigenvalue weighted by Crippen LogP contribution is -2.46. The number of hydrogen-bond acceptors (Lipinski definition) is 3. The fourth-order valence-corrected chi connectivity index (χ4v) is 3.76. The van der Waals surface area contributed by atoms with Gasteiger partial charge in [-0.25, -0.2) is 0 Å². The maximum absolute atomic E-state index is 12.1. The number of nitrogens with one attached hydrogen (secondary N) is 2. The molecular weight excluding hydrogens is 312 g/mol. The lowest BCUT2D eigenvalue weighted by atomic mass is 9.88. The molecular formula is C18H25ClN2O2. The molecule has 5 heteroatoms. The van der Waals surface area contributed by atoms with Gasteiger partial charge in [0.05, 0.1) is 13.2 Å². The van der Waals surface area contributed by atoms with Gasteiger partial charge in [0.15, 0.2) is 0 Å². The van der Waals surface area contributed by atoms with Crippen LogP contribution in [0.25, 0.3) is 0 Å². The summed E-state index contributed by atoms with van der Waals surface area (Å²) in [6.45, 7) is 2.66. The second-order valence-corrected chi connectivity index (χ2v) is 7.12. The Balaban J connectivity index is 1.54. The van der Waals surface area contributed by atoms with Crippen molar-refractivity contribution in [2.24, 2.45) is 5.92 Å². The van der Waals surface area contributed by atoms with E-state index >= 15 is 0 Å². The second kappa shape index (κ2) is 7.65. The SMILES string of the molecule is O=C(CNC1(c2ccc(Cl)cc2)CCCC1)NC[C@@H]1CCOC1. The Morgan fingerprint density at radius 1 is 1.26 bits per heavy atom. The summed E-state index contributed by atoms with van der Waals surface area (Å²) in [5.74, 6) is 0.535. The van der Waals surface area contributed by atoms with Gasteiger partial charge in [-0.15, -0.1) is 0 Å². The van der Waals surface area contributed by atoms with Crippen molar-refractivity contribution in [1.29, 1.82) is 0 Å². The van der Waals surface area contributed by atoms with Crippen molar-refractivity contribution in [3.05, 3.63) is 34.9 Å². The van der Waals surface area contributed by atoms with Crippen LogP contribution in [-0.4, -0.2) is 32.2 Å². The van der Waals surface area contributed by atoms with Crippen LogP contribution in [0.15, 0.2) is 24.3 Å². The summed E-state index contributed by atoms with van der Waals surface area (Å²) in [7, 11) is 0. The average molecular weight is 337 g/mol. The van der Waals surface area contributed by atoms with Crippen LogP contribution in [0, 0.1) is 5.92 Å². The van der Waals surface area contributed by atoms with E-state index in [4.69, 9.17) is 16.3 Å². The summed E-state index contributed by atoms with van der Waals surface area (Å²) in [6, 6.07) is 8.01. The van der Waals surface area contributed by atoms with E-state index in [1.54, 1.807) is 0 Å². The maximum atomic E-state index is 12.1. The van der Waals surface area contributed by atoms with E-state index in [0.717, 1.165) is 37.5 Å². The monoisotopic (exact) mass is 336 g/mol. The summed E-state index contributed by atoms with van der Waals surface area (Å²) in [6.07, 6.45) is 5.56. The van der Waals surface area contributed by atoms with Crippen molar-refractivity contribution in [1.82, 2.24) is 10.6 Å². The largest absolute Gasteiger partial charge is 0.381 e. The van der Waals surface area contributed by atoms with E-state index in [1.807, 2.05) is 12.1 Å². The first-order chi connectivity index (χ1) is 11.2. The molecule has 1 saturated carbocycles. The Kier molecular flexibility index (Phi) is 5.57. The third kappa shape index (κ3) is 4.25. The summed E-state index contributed by atoms with van der Waals surface area (Å²) >= 11 is 6.00. The minimum atomic E-state index is -0.0849. The molecule has 1 aromatic carbocycles. The van der Waals surface area contributed by atoms with E-state index in [1.165, 1.54) is 18.4 Å².